The van der Waals surface area contributed by atoms with E-state index in [4.69, 9.17) is 4.74 Å². The lowest BCUT2D eigenvalue weighted by molar-refractivity contribution is -0.141. The molecule has 0 aliphatic heterocycles. The average molecular weight is 281 g/mol. The van der Waals surface area contributed by atoms with Gasteiger partial charge in [-0.05, 0) is 26.3 Å². The molecule has 1 rings (SSSR count). The predicted molar refractivity (Wildman–Crippen MR) is 86.1 cm³/mol. The largest absolute Gasteiger partial charge is 0.464 e. The van der Waals surface area contributed by atoms with Gasteiger partial charge in [0, 0.05) is 17.7 Å². The summed E-state index contributed by atoms with van der Waals surface area (Å²) in [4.78, 5) is 16.4. The molecule has 0 bridgehead atoms. The Morgan fingerprint density at radius 2 is 1.75 bits per heavy atom. The second kappa shape index (κ2) is 8.72. The Kier molecular flexibility index (Phi) is 9.13. The third-order valence-corrected chi connectivity index (χ3v) is 3.04. The third-order valence-electron chi connectivity index (χ3n) is 3.04. The second-order valence-corrected chi connectivity index (χ2v) is 5.35. The fourth-order valence-corrected chi connectivity index (χ4v) is 1.69. The van der Waals surface area contributed by atoms with Gasteiger partial charge in [-0.25, -0.2) is 4.98 Å². The molecule has 0 aliphatic carbocycles. The van der Waals surface area contributed by atoms with Crippen LogP contribution in [-0.2, 0) is 4.79 Å². The van der Waals surface area contributed by atoms with Gasteiger partial charge in [-0.3, -0.25) is 4.79 Å². The molecule has 1 aromatic heterocycles. The van der Waals surface area contributed by atoms with E-state index in [1.54, 1.807) is 26.1 Å². The topological polar surface area (TPSA) is 39.2 Å². The molecule has 1 heterocycles. The summed E-state index contributed by atoms with van der Waals surface area (Å²) in [6, 6.07) is 5.42. The third kappa shape index (κ3) is 5.72. The van der Waals surface area contributed by atoms with Crippen LogP contribution < -0.4 is 4.74 Å². The van der Waals surface area contributed by atoms with Gasteiger partial charge >= 0.3 is 0 Å². The second-order valence-electron chi connectivity index (χ2n) is 5.35. The zero-order valence-electron chi connectivity index (χ0n) is 13.3. The number of carbonyl (C=O) groups excluding carboxylic acids is 1. The predicted octanol–water partition coefficient (Wildman–Crippen LogP) is 4.91. The van der Waals surface area contributed by atoms with Crippen molar-refractivity contribution in [3.63, 3.8) is 0 Å². The molecule has 1 aromatic rings. The molecule has 0 radical (unpaired) electrons. The van der Waals surface area contributed by atoms with Crippen molar-refractivity contribution in [3.05, 3.63) is 24.4 Å². The van der Waals surface area contributed by atoms with Crippen LogP contribution in [0.1, 0.15) is 62.3 Å². The first-order valence-electron chi connectivity index (χ1n) is 6.94. The molecule has 0 fully saturated rings. The van der Waals surface area contributed by atoms with E-state index < -0.39 is 5.60 Å². The number of ether oxygens (including phenoxy) is 1. The van der Waals surface area contributed by atoms with Crippen molar-refractivity contribution < 1.29 is 9.53 Å². The molecule has 0 saturated carbocycles. The Morgan fingerprint density at radius 1 is 1.20 bits per heavy atom. The van der Waals surface area contributed by atoms with Crippen LogP contribution in [0.15, 0.2) is 24.4 Å². The fraction of sp³-hybridized carbons (Fsp3) is 0.647. The summed E-state index contributed by atoms with van der Waals surface area (Å²) in [6.45, 7) is 13.5. The summed E-state index contributed by atoms with van der Waals surface area (Å²) in [5.41, 5.74) is -1.23. The van der Waals surface area contributed by atoms with E-state index in [1.807, 2.05) is 46.8 Å². The minimum atomic E-state index is -0.853. The first kappa shape index (κ1) is 20.9. The van der Waals surface area contributed by atoms with Gasteiger partial charge in [0.1, 0.15) is 0 Å². The highest BCUT2D eigenvalue weighted by molar-refractivity contribution is 5.91. The SMILES string of the molecule is C.CC.CCC(C)(C)C(=O)C(C)(C)Oc1ccccn1. The normalized spacial score (nSPS) is 10.8. The monoisotopic (exact) mass is 281 g/mol. The van der Waals surface area contributed by atoms with Crippen LogP contribution in [0.5, 0.6) is 5.88 Å². The van der Waals surface area contributed by atoms with Crippen LogP contribution in [0.3, 0.4) is 0 Å². The van der Waals surface area contributed by atoms with Gasteiger partial charge in [-0.2, -0.15) is 0 Å². The number of rotatable bonds is 5. The first-order valence-corrected chi connectivity index (χ1v) is 6.94. The van der Waals surface area contributed by atoms with E-state index in [-0.39, 0.29) is 18.6 Å². The Labute approximate surface area is 124 Å². The van der Waals surface area contributed by atoms with Crippen molar-refractivity contribution in [1.82, 2.24) is 4.98 Å². The zero-order chi connectivity index (χ0) is 15.1. The van der Waals surface area contributed by atoms with Gasteiger partial charge < -0.3 is 4.74 Å². The van der Waals surface area contributed by atoms with Gasteiger partial charge in [0.25, 0.3) is 0 Å². The van der Waals surface area contributed by atoms with Crippen LogP contribution in [0.2, 0.25) is 0 Å². The minimum Gasteiger partial charge on any atom is -0.464 e. The summed E-state index contributed by atoms with van der Waals surface area (Å²) >= 11 is 0. The molecule has 0 N–H and O–H groups in total. The molecule has 0 aliphatic rings. The van der Waals surface area contributed by atoms with E-state index in [2.05, 4.69) is 4.98 Å². The van der Waals surface area contributed by atoms with Crippen LogP contribution in [0.4, 0.5) is 0 Å². The maximum atomic E-state index is 12.4. The van der Waals surface area contributed by atoms with Crippen molar-refractivity contribution in [2.24, 2.45) is 5.41 Å². The van der Waals surface area contributed by atoms with Crippen LogP contribution in [-0.4, -0.2) is 16.4 Å². The molecule has 116 valence electrons. The van der Waals surface area contributed by atoms with E-state index in [0.29, 0.717) is 5.88 Å². The molecular weight excluding hydrogens is 250 g/mol. The standard InChI is InChI=1S/C14H21NO2.C2H6.CH4/c1-6-13(2,3)12(16)14(4,5)17-11-9-7-8-10-15-11;1-2;/h7-10H,6H2,1-5H3;1-2H3;1H4. The average Bonchev–Trinajstić information content (AvgIpc) is 2.40. The van der Waals surface area contributed by atoms with Crippen molar-refractivity contribution in [1.29, 1.82) is 0 Å². The quantitative estimate of drug-likeness (QED) is 0.770. The lowest BCUT2D eigenvalue weighted by Crippen LogP contribution is -2.46. The Hall–Kier alpha value is -1.38. The number of hydrogen-bond donors (Lipinski definition) is 0. The van der Waals surface area contributed by atoms with Gasteiger partial charge in [-0.15, -0.1) is 0 Å². The van der Waals surface area contributed by atoms with E-state index in [0.717, 1.165) is 6.42 Å². The zero-order valence-corrected chi connectivity index (χ0v) is 13.3. The van der Waals surface area contributed by atoms with Crippen molar-refractivity contribution in [3.8, 4) is 5.88 Å². The Bertz CT molecular complexity index is 383. The number of hydrogen-bond acceptors (Lipinski definition) is 3. The van der Waals surface area contributed by atoms with Gasteiger partial charge in [0.15, 0.2) is 11.4 Å². The Balaban J connectivity index is 0. The van der Waals surface area contributed by atoms with Crippen molar-refractivity contribution in [2.75, 3.05) is 0 Å². The molecular formula is C17H31NO2. The molecule has 0 atom stereocenters. The van der Waals surface area contributed by atoms with Gasteiger partial charge in [0.05, 0.1) is 0 Å². The van der Waals surface area contributed by atoms with Gasteiger partial charge in [0.2, 0.25) is 5.88 Å². The summed E-state index contributed by atoms with van der Waals surface area (Å²) in [5.74, 6) is 0.580. The highest BCUT2D eigenvalue weighted by Crippen LogP contribution is 2.29. The summed E-state index contributed by atoms with van der Waals surface area (Å²) in [5, 5.41) is 0. The smallest absolute Gasteiger partial charge is 0.214 e. The van der Waals surface area contributed by atoms with E-state index >= 15 is 0 Å². The number of pyridine rings is 1. The molecule has 0 spiro atoms. The van der Waals surface area contributed by atoms with E-state index in [9.17, 15) is 4.79 Å². The lowest BCUT2D eigenvalue weighted by Gasteiger charge is -2.32. The van der Waals surface area contributed by atoms with Crippen LogP contribution in [0, 0.1) is 5.41 Å². The number of carbonyl (C=O) groups is 1. The van der Waals surface area contributed by atoms with E-state index in [1.165, 1.54) is 0 Å². The molecule has 0 unspecified atom stereocenters. The molecule has 0 amide bonds. The first-order chi connectivity index (χ1) is 8.79. The molecule has 0 aromatic carbocycles. The summed E-state index contributed by atoms with van der Waals surface area (Å²) in [6.07, 6.45) is 2.45. The summed E-state index contributed by atoms with van der Waals surface area (Å²) in [7, 11) is 0. The fourth-order valence-electron chi connectivity index (χ4n) is 1.69. The van der Waals surface area contributed by atoms with Crippen molar-refractivity contribution >= 4 is 5.78 Å². The number of Topliss-reactive ketones (excluding diaryl/α,β-unsaturated/α-hetero) is 1. The minimum absolute atomic E-state index is 0. The molecule has 0 saturated heterocycles. The van der Waals surface area contributed by atoms with Crippen LogP contribution >= 0.6 is 0 Å². The highest BCUT2D eigenvalue weighted by atomic mass is 16.5. The number of aromatic nitrogens is 1. The van der Waals surface area contributed by atoms with Crippen LogP contribution in [0.25, 0.3) is 0 Å². The van der Waals surface area contributed by atoms with Crippen molar-refractivity contribution in [2.45, 2.75) is 67.9 Å². The maximum Gasteiger partial charge on any atom is 0.214 e. The molecule has 3 heteroatoms. The summed E-state index contributed by atoms with van der Waals surface area (Å²) < 4.78 is 5.69. The Morgan fingerprint density at radius 3 is 2.15 bits per heavy atom. The maximum absolute atomic E-state index is 12.4. The highest BCUT2D eigenvalue weighted by Gasteiger charge is 2.39. The number of nitrogens with zero attached hydrogens (tertiary/aromatic N) is 1. The molecule has 3 nitrogen and oxygen atoms in total. The number of ketones is 1. The lowest BCUT2D eigenvalue weighted by atomic mass is 9.78. The van der Waals surface area contributed by atoms with Gasteiger partial charge in [-0.1, -0.05) is 48.1 Å². The molecule has 20 heavy (non-hydrogen) atoms.